The monoisotopic (exact) mass is 542 g/mol. The second-order valence-corrected chi connectivity index (χ2v) is 11.3. The van der Waals surface area contributed by atoms with E-state index in [4.69, 9.17) is 0 Å². The average molecular weight is 543 g/mol. The Morgan fingerprint density at radius 3 is 2.47 bits per heavy atom. The minimum absolute atomic E-state index is 0.201. The van der Waals surface area contributed by atoms with Gasteiger partial charge in [-0.3, -0.25) is 28.7 Å². The summed E-state index contributed by atoms with van der Waals surface area (Å²) in [6.45, 7) is 1.69. The lowest BCUT2D eigenvalue weighted by atomic mass is 9.84. The Morgan fingerprint density at radius 2 is 1.74 bits per heavy atom. The fourth-order valence-corrected chi connectivity index (χ4v) is 7.83. The topological polar surface area (TPSA) is 101 Å². The minimum Gasteiger partial charge on any atom is -0.324 e. The van der Waals surface area contributed by atoms with Gasteiger partial charge in [-0.1, -0.05) is 65.6 Å². The molecule has 2 aromatic heterocycles. The average Bonchev–Trinajstić information content (AvgIpc) is 3.37. The third-order valence-corrected chi connectivity index (χ3v) is 9.43. The Hall–Kier alpha value is -4.02. The fourth-order valence-electron chi connectivity index (χ4n) is 5.05. The number of fused-ring (bicyclic) bond motifs is 2. The van der Waals surface area contributed by atoms with Crippen molar-refractivity contribution in [3.8, 4) is 0 Å². The molecule has 4 aromatic rings. The summed E-state index contributed by atoms with van der Waals surface area (Å²) in [5, 5.41) is 2.68. The van der Waals surface area contributed by atoms with Gasteiger partial charge in [0.1, 0.15) is 11.8 Å². The van der Waals surface area contributed by atoms with Crippen LogP contribution in [0.5, 0.6) is 0 Å². The smallest absolute Gasteiger partial charge is 0.308 e. The highest BCUT2D eigenvalue weighted by Crippen LogP contribution is 2.53. The largest absolute Gasteiger partial charge is 0.324 e. The highest BCUT2D eigenvalue weighted by atomic mass is 32.2. The molecule has 2 aromatic carbocycles. The number of carbonyl (C=O) groups excluding carboxylic acids is 3. The molecule has 10 heteroatoms. The molecule has 2 aliphatic heterocycles. The first-order valence-corrected chi connectivity index (χ1v) is 13.7. The molecule has 0 aliphatic carbocycles. The van der Waals surface area contributed by atoms with E-state index in [1.54, 1.807) is 48.8 Å². The van der Waals surface area contributed by atoms with Crippen LogP contribution in [0.4, 0.5) is 11.4 Å². The van der Waals surface area contributed by atoms with Gasteiger partial charge in [-0.25, -0.2) is 4.90 Å². The molecule has 3 amide bonds. The van der Waals surface area contributed by atoms with Crippen LogP contribution in [0.25, 0.3) is 0 Å². The third-order valence-electron chi connectivity index (χ3n) is 6.83. The summed E-state index contributed by atoms with van der Waals surface area (Å²) in [5.74, 6) is -2.21. The zero-order valence-electron chi connectivity index (χ0n) is 20.2. The molecule has 4 heterocycles. The Bertz CT molecular complexity index is 1620. The number of thiazole rings is 1. The van der Waals surface area contributed by atoms with Crippen LogP contribution in [-0.2, 0) is 20.9 Å². The van der Waals surface area contributed by atoms with Crippen molar-refractivity contribution in [2.75, 3.05) is 10.2 Å². The summed E-state index contributed by atoms with van der Waals surface area (Å²) in [6, 6.07) is 19.9. The molecule has 2 aliphatic rings. The Labute approximate surface area is 226 Å². The number of carbonyl (C=O) groups is 3. The van der Waals surface area contributed by atoms with Gasteiger partial charge in [0.15, 0.2) is 0 Å². The van der Waals surface area contributed by atoms with Crippen molar-refractivity contribution in [3.63, 3.8) is 0 Å². The van der Waals surface area contributed by atoms with Crippen molar-refractivity contribution >= 4 is 52.2 Å². The van der Waals surface area contributed by atoms with E-state index in [0.717, 1.165) is 22.5 Å². The number of nitrogens with zero attached hydrogens (tertiary/aromatic N) is 3. The Balaban J connectivity index is 1.41. The third kappa shape index (κ3) is 4.06. The first-order chi connectivity index (χ1) is 18.4. The normalized spacial score (nSPS) is 20.2. The van der Waals surface area contributed by atoms with Crippen LogP contribution < -0.4 is 15.1 Å². The summed E-state index contributed by atoms with van der Waals surface area (Å²) >= 11 is 2.21. The number of nitrogens with one attached hydrogen (secondary N) is 1. The van der Waals surface area contributed by atoms with Crippen molar-refractivity contribution in [2.24, 2.45) is 5.92 Å². The van der Waals surface area contributed by atoms with E-state index < -0.39 is 17.1 Å². The molecular formula is C28H22N4O4S2. The van der Waals surface area contributed by atoms with E-state index in [2.05, 4.69) is 10.3 Å². The van der Waals surface area contributed by atoms with Gasteiger partial charge in [-0.05, 0) is 42.3 Å². The number of benzene rings is 2. The van der Waals surface area contributed by atoms with Crippen LogP contribution in [0.1, 0.15) is 21.9 Å². The molecule has 3 atom stereocenters. The van der Waals surface area contributed by atoms with E-state index >= 15 is 0 Å². The number of hydrogen-bond acceptors (Lipinski definition) is 7. The SMILES string of the molecule is Cc1ccccc1NC(=O)Cn1c2c(sc1=O)[C@H](c1cccnc1)C1C(=O)N(c3ccccc3)C(=O)C1S2. The van der Waals surface area contributed by atoms with Gasteiger partial charge in [0.2, 0.25) is 17.7 Å². The van der Waals surface area contributed by atoms with Gasteiger partial charge < -0.3 is 5.32 Å². The number of imide groups is 1. The van der Waals surface area contributed by atoms with E-state index in [-0.39, 0.29) is 29.1 Å². The number of aromatic nitrogens is 2. The van der Waals surface area contributed by atoms with Crippen LogP contribution >= 0.6 is 23.1 Å². The van der Waals surface area contributed by atoms with Crippen molar-refractivity contribution < 1.29 is 14.4 Å². The van der Waals surface area contributed by atoms with Gasteiger partial charge in [-0.2, -0.15) is 0 Å². The summed E-state index contributed by atoms with van der Waals surface area (Å²) in [5.41, 5.74) is 2.84. The van der Waals surface area contributed by atoms with Crippen molar-refractivity contribution in [1.29, 1.82) is 0 Å². The van der Waals surface area contributed by atoms with Crippen LogP contribution in [0, 0.1) is 12.8 Å². The van der Waals surface area contributed by atoms with E-state index in [9.17, 15) is 19.2 Å². The maximum Gasteiger partial charge on any atom is 0.308 e. The van der Waals surface area contributed by atoms with E-state index in [1.807, 2.05) is 37.3 Å². The number of hydrogen-bond donors (Lipinski definition) is 1. The van der Waals surface area contributed by atoms with E-state index in [1.165, 1.54) is 21.2 Å². The highest BCUT2D eigenvalue weighted by molar-refractivity contribution is 8.00. The molecule has 1 saturated heterocycles. The van der Waals surface area contributed by atoms with Gasteiger partial charge in [-0.15, -0.1) is 0 Å². The summed E-state index contributed by atoms with van der Waals surface area (Å²) in [7, 11) is 0. The summed E-state index contributed by atoms with van der Waals surface area (Å²) in [6.07, 6.45) is 3.31. The quantitative estimate of drug-likeness (QED) is 0.382. The molecule has 38 heavy (non-hydrogen) atoms. The number of amides is 3. The van der Waals surface area contributed by atoms with Crippen LogP contribution in [0.3, 0.4) is 0 Å². The van der Waals surface area contributed by atoms with Gasteiger partial charge in [0.25, 0.3) is 0 Å². The van der Waals surface area contributed by atoms with Crippen molar-refractivity contribution in [3.05, 3.63) is 105 Å². The molecule has 8 nitrogen and oxygen atoms in total. The first-order valence-electron chi connectivity index (χ1n) is 12.0. The van der Waals surface area contributed by atoms with Gasteiger partial charge in [0.05, 0.1) is 16.6 Å². The predicted molar refractivity (Wildman–Crippen MR) is 147 cm³/mol. The highest BCUT2D eigenvalue weighted by Gasteiger charge is 2.56. The number of aryl methyl sites for hydroxylation is 1. The fraction of sp³-hybridized carbons (Fsp3) is 0.179. The van der Waals surface area contributed by atoms with Crippen LogP contribution in [0.2, 0.25) is 0 Å². The number of pyridine rings is 1. The molecule has 1 fully saturated rings. The lowest BCUT2D eigenvalue weighted by molar-refractivity contribution is -0.122. The number of rotatable bonds is 5. The standard InChI is InChI=1S/C28H22N4O4S2/c1-16-8-5-6-12-19(16)30-20(33)15-31-27-24(38-28(31)36)21(17-9-7-13-29-14-17)22-23(37-27)26(35)32(25(22)34)18-10-3-2-4-11-18/h2-14,21-23H,15H2,1H3,(H,30,33)/t21-,22?,23?/m1/s1. The molecule has 190 valence electrons. The van der Waals surface area contributed by atoms with Crippen LogP contribution in [-0.4, -0.2) is 32.5 Å². The minimum atomic E-state index is -0.736. The molecule has 0 spiro atoms. The van der Waals surface area contributed by atoms with Gasteiger partial charge in [0, 0.05) is 28.9 Å². The zero-order chi connectivity index (χ0) is 26.4. The second kappa shape index (κ2) is 9.70. The Kier molecular flexibility index (Phi) is 6.21. The molecule has 1 N–H and O–H groups in total. The zero-order valence-corrected chi connectivity index (χ0v) is 21.9. The lowest BCUT2D eigenvalue weighted by Crippen LogP contribution is -2.33. The van der Waals surface area contributed by atoms with Crippen molar-refractivity contribution in [1.82, 2.24) is 9.55 Å². The maximum absolute atomic E-state index is 13.8. The molecule has 0 radical (unpaired) electrons. The van der Waals surface area contributed by atoms with Gasteiger partial charge >= 0.3 is 4.87 Å². The van der Waals surface area contributed by atoms with Crippen molar-refractivity contribution in [2.45, 2.75) is 29.7 Å². The molecule has 0 saturated carbocycles. The number of para-hydroxylation sites is 2. The van der Waals surface area contributed by atoms with E-state index in [0.29, 0.717) is 21.3 Å². The Morgan fingerprint density at radius 1 is 0.974 bits per heavy atom. The summed E-state index contributed by atoms with van der Waals surface area (Å²) in [4.78, 5) is 59.5. The first kappa shape index (κ1) is 24.3. The summed E-state index contributed by atoms with van der Waals surface area (Å²) < 4.78 is 1.42. The lowest BCUT2D eigenvalue weighted by Gasteiger charge is -2.30. The number of thioether (sulfide) groups is 1. The molecule has 0 bridgehead atoms. The molecular weight excluding hydrogens is 520 g/mol. The molecule has 6 rings (SSSR count). The number of anilines is 2. The van der Waals surface area contributed by atoms with Crippen LogP contribution in [0.15, 0.2) is 88.9 Å². The second-order valence-electron chi connectivity index (χ2n) is 9.16. The molecule has 2 unspecified atom stereocenters. The predicted octanol–water partition coefficient (Wildman–Crippen LogP) is 4.05. The maximum atomic E-state index is 13.8.